The minimum atomic E-state index is -0.923. The molecule has 0 radical (unpaired) electrons. The van der Waals surface area contributed by atoms with Crippen molar-refractivity contribution in [3.63, 3.8) is 0 Å². The van der Waals surface area contributed by atoms with Crippen molar-refractivity contribution in [2.45, 2.75) is 32.2 Å². The Balaban J connectivity index is 2.79. The lowest BCUT2D eigenvalue weighted by atomic mass is 10.1. The molecule has 0 bridgehead atoms. The highest BCUT2D eigenvalue weighted by atomic mass is 16.4. The molecule has 0 aliphatic rings. The number of nitrogens with zero attached hydrogens (tertiary/aromatic N) is 2. The van der Waals surface area contributed by atoms with E-state index in [0.717, 1.165) is 12.8 Å². The number of nitrogens with one attached hydrogen (secondary N) is 1. The Kier molecular flexibility index (Phi) is 4.95. The van der Waals surface area contributed by atoms with E-state index in [9.17, 15) is 4.79 Å². The predicted octanol–water partition coefficient (Wildman–Crippen LogP) is 2.01. The molecule has 5 heteroatoms. The lowest BCUT2D eigenvalue weighted by Crippen LogP contribution is -2.29. The topological polar surface area (TPSA) is 86.0 Å². The van der Waals surface area contributed by atoms with Crippen molar-refractivity contribution in [1.29, 1.82) is 5.26 Å². The molecule has 1 rings (SSSR count). The van der Waals surface area contributed by atoms with Crippen LogP contribution in [0.5, 0.6) is 0 Å². The van der Waals surface area contributed by atoms with Crippen LogP contribution in [0.3, 0.4) is 0 Å². The van der Waals surface area contributed by atoms with Crippen LogP contribution in [-0.4, -0.2) is 22.1 Å². The van der Waals surface area contributed by atoms with Crippen LogP contribution in [0.15, 0.2) is 18.3 Å². The fraction of sp³-hybridized carbons (Fsp3) is 0.417. The van der Waals surface area contributed by atoms with Gasteiger partial charge in [0.1, 0.15) is 17.9 Å². The van der Waals surface area contributed by atoms with E-state index in [-0.39, 0.29) is 0 Å². The van der Waals surface area contributed by atoms with E-state index in [0.29, 0.717) is 17.8 Å². The summed E-state index contributed by atoms with van der Waals surface area (Å²) in [4.78, 5) is 15.0. The number of carboxylic acids is 1. The van der Waals surface area contributed by atoms with Gasteiger partial charge >= 0.3 is 5.97 Å². The number of pyridine rings is 1. The van der Waals surface area contributed by atoms with Gasteiger partial charge in [-0.3, -0.25) is 0 Å². The molecule has 17 heavy (non-hydrogen) atoms. The maximum absolute atomic E-state index is 11.0. The molecule has 0 fully saturated rings. The number of nitriles is 1. The van der Waals surface area contributed by atoms with Crippen LogP contribution >= 0.6 is 0 Å². The standard InChI is InChI=1S/C12H15N3O2/c1-2-3-6-10(12(16)17)15-11-9(8-13)5-4-7-14-11/h4-5,7,10H,2-3,6H2,1H3,(H,14,15)(H,16,17). The Morgan fingerprint density at radius 2 is 2.47 bits per heavy atom. The van der Waals surface area contributed by atoms with Crippen LogP contribution in [0.1, 0.15) is 31.7 Å². The van der Waals surface area contributed by atoms with Gasteiger partial charge in [0.05, 0.1) is 5.56 Å². The molecule has 1 aromatic heterocycles. The molecule has 5 nitrogen and oxygen atoms in total. The zero-order valence-electron chi connectivity index (χ0n) is 9.68. The smallest absolute Gasteiger partial charge is 0.326 e. The van der Waals surface area contributed by atoms with Crippen LogP contribution in [0.25, 0.3) is 0 Å². The van der Waals surface area contributed by atoms with Crippen molar-refractivity contribution in [3.05, 3.63) is 23.9 Å². The summed E-state index contributed by atoms with van der Waals surface area (Å²) in [6.07, 6.45) is 3.80. The number of carbonyl (C=O) groups is 1. The first-order valence-corrected chi connectivity index (χ1v) is 5.53. The van der Waals surface area contributed by atoms with E-state index in [2.05, 4.69) is 10.3 Å². The van der Waals surface area contributed by atoms with E-state index in [1.54, 1.807) is 12.1 Å². The Morgan fingerprint density at radius 1 is 1.71 bits per heavy atom. The number of anilines is 1. The second-order valence-corrected chi connectivity index (χ2v) is 3.69. The zero-order chi connectivity index (χ0) is 12.7. The Bertz CT molecular complexity index is 426. The van der Waals surface area contributed by atoms with Crippen molar-refractivity contribution in [1.82, 2.24) is 4.98 Å². The van der Waals surface area contributed by atoms with E-state index in [4.69, 9.17) is 10.4 Å². The largest absolute Gasteiger partial charge is 0.480 e. The van der Waals surface area contributed by atoms with Crippen LogP contribution in [-0.2, 0) is 4.79 Å². The fourth-order valence-corrected chi connectivity index (χ4v) is 1.44. The molecular formula is C12H15N3O2. The molecule has 0 aliphatic carbocycles. The van der Waals surface area contributed by atoms with E-state index in [1.165, 1.54) is 6.20 Å². The third-order valence-corrected chi connectivity index (χ3v) is 2.38. The van der Waals surface area contributed by atoms with Gasteiger partial charge in [0.2, 0.25) is 0 Å². The van der Waals surface area contributed by atoms with E-state index >= 15 is 0 Å². The quantitative estimate of drug-likeness (QED) is 0.784. The predicted molar refractivity (Wildman–Crippen MR) is 63.5 cm³/mol. The molecule has 90 valence electrons. The molecule has 0 saturated carbocycles. The van der Waals surface area contributed by atoms with Gasteiger partial charge in [-0.15, -0.1) is 0 Å². The monoisotopic (exact) mass is 233 g/mol. The van der Waals surface area contributed by atoms with Crippen molar-refractivity contribution >= 4 is 11.8 Å². The van der Waals surface area contributed by atoms with Crippen molar-refractivity contribution in [2.24, 2.45) is 0 Å². The molecular weight excluding hydrogens is 218 g/mol. The summed E-state index contributed by atoms with van der Waals surface area (Å²) in [5.74, 6) is -0.591. The van der Waals surface area contributed by atoms with Crippen molar-refractivity contribution < 1.29 is 9.90 Å². The van der Waals surface area contributed by atoms with Gasteiger partial charge in [-0.05, 0) is 18.6 Å². The number of aliphatic carboxylic acids is 1. The highest BCUT2D eigenvalue weighted by molar-refractivity contribution is 5.77. The molecule has 0 aromatic carbocycles. The third-order valence-electron chi connectivity index (χ3n) is 2.38. The minimum absolute atomic E-state index is 0.332. The second kappa shape index (κ2) is 6.48. The number of unbranched alkanes of at least 4 members (excludes halogenated alkanes) is 1. The summed E-state index contributed by atoms with van der Waals surface area (Å²) >= 11 is 0. The second-order valence-electron chi connectivity index (χ2n) is 3.69. The molecule has 1 atom stereocenters. The summed E-state index contributed by atoms with van der Waals surface area (Å²) < 4.78 is 0. The molecule has 0 amide bonds. The zero-order valence-corrected chi connectivity index (χ0v) is 9.68. The van der Waals surface area contributed by atoms with E-state index < -0.39 is 12.0 Å². The SMILES string of the molecule is CCCCC(Nc1ncccc1C#N)C(=O)O. The van der Waals surface area contributed by atoms with Crippen LogP contribution < -0.4 is 5.32 Å². The average Bonchev–Trinajstić information content (AvgIpc) is 2.34. The van der Waals surface area contributed by atoms with Crippen molar-refractivity contribution in [3.8, 4) is 6.07 Å². The number of hydrogen-bond donors (Lipinski definition) is 2. The summed E-state index contributed by atoms with van der Waals surface area (Å²) in [7, 11) is 0. The average molecular weight is 233 g/mol. The molecule has 0 aliphatic heterocycles. The molecule has 1 heterocycles. The van der Waals surface area contributed by atoms with Gasteiger partial charge in [-0.2, -0.15) is 5.26 Å². The van der Waals surface area contributed by atoms with Crippen LogP contribution in [0.4, 0.5) is 5.82 Å². The summed E-state index contributed by atoms with van der Waals surface area (Å²) in [5, 5.41) is 20.7. The van der Waals surface area contributed by atoms with E-state index in [1.807, 2.05) is 13.0 Å². The Labute approximate surface area is 100 Å². The molecule has 1 aromatic rings. The highest BCUT2D eigenvalue weighted by Crippen LogP contribution is 2.13. The summed E-state index contributed by atoms with van der Waals surface area (Å²) in [6, 6.07) is 4.53. The van der Waals surface area contributed by atoms with Gasteiger partial charge in [-0.25, -0.2) is 9.78 Å². The first-order chi connectivity index (χ1) is 8.19. The first-order valence-electron chi connectivity index (χ1n) is 5.53. The van der Waals surface area contributed by atoms with Gasteiger partial charge in [0, 0.05) is 6.20 Å². The third kappa shape index (κ3) is 3.76. The summed E-state index contributed by atoms with van der Waals surface area (Å²) in [6.45, 7) is 2.00. The lowest BCUT2D eigenvalue weighted by Gasteiger charge is -2.15. The molecule has 0 spiro atoms. The molecule has 1 unspecified atom stereocenters. The van der Waals surface area contributed by atoms with Gasteiger partial charge in [0.25, 0.3) is 0 Å². The Hall–Kier alpha value is -2.09. The maximum Gasteiger partial charge on any atom is 0.326 e. The highest BCUT2D eigenvalue weighted by Gasteiger charge is 2.18. The van der Waals surface area contributed by atoms with Gasteiger partial charge in [-0.1, -0.05) is 19.8 Å². The van der Waals surface area contributed by atoms with Crippen LogP contribution in [0, 0.1) is 11.3 Å². The van der Waals surface area contributed by atoms with Crippen LogP contribution in [0.2, 0.25) is 0 Å². The first kappa shape index (κ1) is 13.0. The lowest BCUT2D eigenvalue weighted by molar-refractivity contribution is -0.138. The number of hydrogen-bond acceptors (Lipinski definition) is 4. The molecule has 2 N–H and O–H groups in total. The summed E-state index contributed by atoms with van der Waals surface area (Å²) in [5.41, 5.74) is 0.357. The maximum atomic E-state index is 11.0. The Morgan fingerprint density at radius 3 is 3.06 bits per heavy atom. The van der Waals surface area contributed by atoms with Gasteiger partial charge in [0.15, 0.2) is 0 Å². The normalized spacial score (nSPS) is 11.5. The van der Waals surface area contributed by atoms with Crippen molar-refractivity contribution in [2.75, 3.05) is 5.32 Å². The number of aromatic nitrogens is 1. The van der Waals surface area contributed by atoms with Gasteiger partial charge < -0.3 is 10.4 Å². The fourth-order valence-electron chi connectivity index (χ4n) is 1.44. The molecule has 0 saturated heterocycles. The number of rotatable bonds is 6. The minimum Gasteiger partial charge on any atom is -0.480 e. The number of carboxylic acid groups (broad SMARTS) is 1.